The number of carbonyl (C=O) groups is 3. The maximum absolute atomic E-state index is 12.4. The Morgan fingerprint density at radius 1 is 1.35 bits per heavy atom. The summed E-state index contributed by atoms with van der Waals surface area (Å²) in [6.07, 6.45) is -5.30. The zero-order valence-electron chi connectivity index (χ0n) is 15.6. The van der Waals surface area contributed by atoms with Crippen LogP contribution in [-0.2, 0) is 14.3 Å². The molecule has 1 fully saturated rings. The maximum Gasteiger partial charge on any atom is 0.410 e. The van der Waals surface area contributed by atoms with Gasteiger partial charge in [0.15, 0.2) is 0 Å². The number of carbonyl (C=O) groups excluding carboxylic acids is 3. The second kappa shape index (κ2) is 8.13. The third-order valence-electron chi connectivity index (χ3n) is 3.87. The summed E-state index contributed by atoms with van der Waals surface area (Å²) in [5, 5.41) is 2.58. The molecule has 1 aliphatic rings. The Balaban J connectivity index is 2.49. The molecule has 7 nitrogen and oxygen atoms in total. The molecule has 1 rings (SSSR count). The van der Waals surface area contributed by atoms with Crippen molar-refractivity contribution < 1.29 is 32.3 Å². The first-order chi connectivity index (χ1) is 11.7. The molecule has 26 heavy (non-hydrogen) atoms. The molecule has 1 aliphatic heterocycles. The minimum absolute atomic E-state index is 0.0958. The van der Waals surface area contributed by atoms with Gasteiger partial charge in [0.1, 0.15) is 12.1 Å². The van der Waals surface area contributed by atoms with Crippen LogP contribution in [0.1, 0.15) is 34.1 Å². The van der Waals surface area contributed by atoms with Gasteiger partial charge in [-0.1, -0.05) is 0 Å². The molecule has 0 unspecified atom stereocenters. The van der Waals surface area contributed by atoms with Gasteiger partial charge in [-0.05, 0) is 27.7 Å². The zero-order chi connectivity index (χ0) is 20.3. The number of rotatable bonds is 5. The largest absolute Gasteiger partial charge is 0.444 e. The van der Waals surface area contributed by atoms with Crippen LogP contribution in [0.4, 0.5) is 18.0 Å². The fourth-order valence-electron chi connectivity index (χ4n) is 2.36. The summed E-state index contributed by atoms with van der Waals surface area (Å²) in [4.78, 5) is 37.6. The van der Waals surface area contributed by atoms with Gasteiger partial charge in [-0.15, -0.1) is 0 Å². The topological polar surface area (TPSA) is 79.0 Å². The van der Waals surface area contributed by atoms with Crippen molar-refractivity contribution in [2.24, 2.45) is 5.92 Å². The maximum atomic E-state index is 12.4. The molecule has 3 amide bonds. The van der Waals surface area contributed by atoms with Gasteiger partial charge < -0.3 is 19.9 Å². The van der Waals surface area contributed by atoms with Gasteiger partial charge in [-0.2, -0.15) is 13.2 Å². The summed E-state index contributed by atoms with van der Waals surface area (Å²) in [6.45, 7) is 5.37. The van der Waals surface area contributed by atoms with E-state index >= 15 is 0 Å². The lowest BCUT2D eigenvalue weighted by molar-refractivity contribution is -0.157. The fourth-order valence-corrected chi connectivity index (χ4v) is 2.36. The molecule has 0 aromatic heterocycles. The molecule has 150 valence electrons. The van der Waals surface area contributed by atoms with Crippen LogP contribution in [-0.4, -0.2) is 72.2 Å². The van der Waals surface area contributed by atoms with Gasteiger partial charge in [0.05, 0.1) is 5.92 Å². The van der Waals surface area contributed by atoms with Gasteiger partial charge in [0.2, 0.25) is 11.8 Å². The number of ether oxygens (including phenoxy) is 1. The van der Waals surface area contributed by atoms with E-state index in [4.69, 9.17) is 4.74 Å². The molecule has 0 aliphatic carbocycles. The average Bonchev–Trinajstić information content (AvgIpc) is 2.81. The second-order valence-corrected chi connectivity index (χ2v) is 7.48. The van der Waals surface area contributed by atoms with E-state index in [2.05, 4.69) is 5.32 Å². The van der Waals surface area contributed by atoms with Crippen molar-refractivity contribution in [3.63, 3.8) is 0 Å². The Hall–Kier alpha value is -2.00. The molecule has 0 radical (unpaired) electrons. The van der Waals surface area contributed by atoms with Gasteiger partial charge >= 0.3 is 12.3 Å². The van der Waals surface area contributed by atoms with E-state index in [0.717, 1.165) is 0 Å². The Morgan fingerprint density at radius 2 is 1.92 bits per heavy atom. The highest BCUT2D eigenvalue weighted by atomic mass is 19.4. The normalized spacial score (nSPS) is 19.3. The summed E-state index contributed by atoms with van der Waals surface area (Å²) in [7, 11) is 1.52. The number of nitrogens with zero attached hydrogens (tertiary/aromatic N) is 2. The molecule has 0 bridgehead atoms. The summed E-state index contributed by atoms with van der Waals surface area (Å²) in [6, 6.07) is -0.391. The van der Waals surface area contributed by atoms with Crippen LogP contribution in [0.2, 0.25) is 0 Å². The Labute approximate surface area is 150 Å². The first-order valence-corrected chi connectivity index (χ1v) is 8.27. The first-order valence-electron chi connectivity index (χ1n) is 8.27. The van der Waals surface area contributed by atoms with Crippen LogP contribution in [0, 0.1) is 5.92 Å². The predicted molar refractivity (Wildman–Crippen MR) is 87.2 cm³/mol. The van der Waals surface area contributed by atoms with E-state index in [1.807, 2.05) is 0 Å². The molecule has 1 N–H and O–H groups in total. The van der Waals surface area contributed by atoms with Gasteiger partial charge in [-0.3, -0.25) is 9.59 Å². The molecule has 0 aromatic carbocycles. The van der Waals surface area contributed by atoms with Crippen LogP contribution in [0.15, 0.2) is 0 Å². The fraction of sp³-hybridized carbons (Fsp3) is 0.812. The number of halogens is 3. The molecule has 0 spiro atoms. The number of alkyl halides is 3. The molecule has 1 saturated heterocycles. The van der Waals surface area contributed by atoms with Crippen LogP contribution in [0.25, 0.3) is 0 Å². The lowest BCUT2D eigenvalue weighted by Gasteiger charge is -2.29. The summed E-state index contributed by atoms with van der Waals surface area (Å²) >= 11 is 0. The van der Waals surface area contributed by atoms with E-state index in [1.54, 1.807) is 27.7 Å². The minimum atomic E-state index is -4.49. The van der Waals surface area contributed by atoms with Crippen LogP contribution >= 0.6 is 0 Å². The number of nitrogens with one attached hydrogen (secondary N) is 1. The highest BCUT2D eigenvalue weighted by molar-refractivity contribution is 5.89. The highest BCUT2D eigenvalue weighted by Crippen LogP contribution is 2.24. The monoisotopic (exact) mass is 381 g/mol. The lowest BCUT2D eigenvalue weighted by Crippen LogP contribution is -2.46. The van der Waals surface area contributed by atoms with Crippen molar-refractivity contribution in [1.29, 1.82) is 0 Å². The van der Waals surface area contributed by atoms with E-state index in [0.29, 0.717) is 4.90 Å². The number of hydrogen-bond donors (Lipinski definition) is 1. The zero-order valence-corrected chi connectivity index (χ0v) is 15.6. The van der Waals surface area contributed by atoms with Crippen molar-refractivity contribution in [2.75, 3.05) is 26.7 Å². The molecular weight excluding hydrogens is 355 g/mol. The van der Waals surface area contributed by atoms with Crippen molar-refractivity contribution in [2.45, 2.75) is 51.9 Å². The van der Waals surface area contributed by atoms with Gasteiger partial charge in [0.25, 0.3) is 0 Å². The van der Waals surface area contributed by atoms with Crippen molar-refractivity contribution in [1.82, 2.24) is 15.1 Å². The Kier molecular flexibility index (Phi) is 6.89. The van der Waals surface area contributed by atoms with Gasteiger partial charge in [-0.25, -0.2) is 4.79 Å². The number of hydrogen-bond acceptors (Lipinski definition) is 4. The van der Waals surface area contributed by atoms with Crippen LogP contribution in [0.5, 0.6) is 0 Å². The number of amides is 3. The predicted octanol–water partition coefficient (Wildman–Crippen LogP) is 1.77. The third kappa shape index (κ3) is 7.09. The molecule has 0 saturated carbocycles. The van der Waals surface area contributed by atoms with E-state index in [1.165, 1.54) is 11.9 Å². The van der Waals surface area contributed by atoms with Crippen LogP contribution < -0.4 is 5.32 Å². The molecule has 10 heteroatoms. The molecule has 2 atom stereocenters. The average molecular weight is 381 g/mol. The minimum Gasteiger partial charge on any atom is -0.444 e. The summed E-state index contributed by atoms with van der Waals surface area (Å²) < 4.78 is 42.4. The van der Waals surface area contributed by atoms with E-state index < -0.39 is 48.2 Å². The Bertz CT molecular complexity index is 546. The van der Waals surface area contributed by atoms with Crippen LogP contribution in [0.3, 0.4) is 0 Å². The summed E-state index contributed by atoms with van der Waals surface area (Å²) in [5.74, 6) is -2.03. The molecule has 1 heterocycles. The number of likely N-dealkylation sites (N-methyl/N-ethyl adjacent to an activating group) is 1. The highest BCUT2D eigenvalue weighted by Gasteiger charge is 2.40. The smallest absolute Gasteiger partial charge is 0.410 e. The SMILES string of the molecule is C[C@@H](CNC(=O)[C@@H]1CC(=O)N(CC(F)(F)F)C1)N(C)C(=O)OC(C)(C)C. The van der Waals surface area contributed by atoms with Gasteiger partial charge in [0, 0.05) is 32.6 Å². The van der Waals surface area contributed by atoms with Crippen molar-refractivity contribution >= 4 is 17.9 Å². The van der Waals surface area contributed by atoms with Crippen molar-refractivity contribution in [3.05, 3.63) is 0 Å². The molecular formula is C16H26F3N3O4. The summed E-state index contributed by atoms with van der Waals surface area (Å²) in [5.41, 5.74) is -0.652. The second-order valence-electron chi connectivity index (χ2n) is 7.48. The molecule has 0 aromatic rings. The third-order valence-corrected chi connectivity index (χ3v) is 3.87. The Morgan fingerprint density at radius 3 is 2.42 bits per heavy atom. The van der Waals surface area contributed by atoms with E-state index in [9.17, 15) is 27.6 Å². The number of likely N-dealkylation sites (tertiary alicyclic amines) is 1. The van der Waals surface area contributed by atoms with Crippen molar-refractivity contribution in [3.8, 4) is 0 Å². The standard InChI is InChI=1S/C16H26F3N3O4/c1-10(21(5)14(25)26-15(2,3)4)7-20-13(24)11-6-12(23)22(8-11)9-16(17,18)19/h10-11H,6-9H2,1-5H3,(H,20,24)/t10-,11+/m0/s1. The van der Waals surface area contributed by atoms with E-state index in [-0.39, 0.29) is 19.5 Å². The lowest BCUT2D eigenvalue weighted by atomic mass is 10.1. The quantitative estimate of drug-likeness (QED) is 0.787. The first kappa shape index (κ1) is 22.0.